The van der Waals surface area contributed by atoms with Crippen LogP contribution in [0, 0.1) is 11.8 Å². The predicted octanol–water partition coefficient (Wildman–Crippen LogP) is 3.07. The number of para-hydroxylation sites is 1. The quantitative estimate of drug-likeness (QED) is 0.124. The Kier molecular flexibility index (Phi) is 9.61. The van der Waals surface area contributed by atoms with Gasteiger partial charge in [-0.05, 0) is 61.9 Å². The zero-order valence-corrected chi connectivity index (χ0v) is 30.2. The van der Waals surface area contributed by atoms with Crippen LogP contribution in [-0.2, 0) is 27.9 Å². The van der Waals surface area contributed by atoms with Crippen molar-refractivity contribution >= 4 is 51.6 Å². The van der Waals surface area contributed by atoms with E-state index >= 15 is 0 Å². The van der Waals surface area contributed by atoms with E-state index in [0.29, 0.717) is 33.8 Å². The molecule has 15 nitrogen and oxygen atoms in total. The molecule has 1 aliphatic carbocycles. The third kappa shape index (κ3) is 7.17. The first-order valence-corrected chi connectivity index (χ1v) is 18.4. The Labute approximate surface area is 311 Å². The lowest BCUT2D eigenvalue weighted by molar-refractivity contribution is -0.135. The summed E-state index contributed by atoms with van der Waals surface area (Å²) in [7, 11) is 3.49. The zero-order valence-electron chi connectivity index (χ0n) is 30.2. The smallest absolute Gasteiger partial charge is 0.329 e. The Morgan fingerprint density at radius 1 is 1.04 bits per heavy atom. The van der Waals surface area contributed by atoms with E-state index in [-0.39, 0.29) is 49.1 Å². The molecule has 1 unspecified atom stereocenters. The summed E-state index contributed by atoms with van der Waals surface area (Å²) in [5.41, 5.74) is 5.42. The molecule has 2 aromatic carbocycles. The fourth-order valence-electron chi connectivity index (χ4n) is 7.30. The van der Waals surface area contributed by atoms with Crippen LogP contribution in [0.4, 0.5) is 17.2 Å². The topological polar surface area (TPSA) is 169 Å². The van der Waals surface area contributed by atoms with Crippen LogP contribution >= 0.6 is 0 Å². The van der Waals surface area contributed by atoms with E-state index in [9.17, 15) is 19.2 Å². The maximum absolute atomic E-state index is 13.2. The normalized spacial score (nSPS) is 18.0. The average Bonchev–Trinajstić information content (AvgIpc) is 3.82. The summed E-state index contributed by atoms with van der Waals surface area (Å²) in [6.07, 6.45) is 5.90. The number of hydrogen-bond acceptors (Lipinski definition) is 10. The van der Waals surface area contributed by atoms with Crippen LogP contribution in [0.2, 0.25) is 0 Å². The van der Waals surface area contributed by atoms with Gasteiger partial charge in [0.1, 0.15) is 12.6 Å². The maximum Gasteiger partial charge on any atom is 0.329 e. The molecule has 2 aliphatic heterocycles. The van der Waals surface area contributed by atoms with Crippen molar-refractivity contribution in [3.05, 3.63) is 82.0 Å². The van der Waals surface area contributed by atoms with E-state index in [1.54, 1.807) is 23.8 Å². The number of carbonyl (C=O) groups excluding carboxylic acids is 3. The molecule has 3 fully saturated rings. The van der Waals surface area contributed by atoms with Gasteiger partial charge in [0.25, 0.3) is 5.91 Å². The largest absolute Gasteiger partial charge is 0.385 e. The molecular formula is C39H42N10O5. The average molecular weight is 731 g/mol. The van der Waals surface area contributed by atoms with Crippen LogP contribution in [-0.4, -0.2) is 85.2 Å². The summed E-state index contributed by atoms with van der Waals surface area (Å²) in [4.78, 5) is 57.1. The van der Waals surface area contributed by atoms with Crippen molar-refractivity contribution in [2.24, 2.45) is 7.05 Å². The monoisotopic (exact) mass is 730 g/mol. The molecule has 4 N–H and O–H groups in total. The number of fused-ring (bicyclic) bond motifs is 2. The van der Waals surface area contributed by atoms with Gasteiger partial charge in [0.2, 0.25) is 11.8 Å². The van der Waals surface area contributed by atoms with Crippen LogP contribution < -0.4 is 27.0 Å². The summed E-state index contributed by atoms with van der Waals surface area (Å²) in [6, 6.07) is 15.1. The first-order valence-electron chi connectivity index (χ1n) is 18.4. The van der Waals surface area contributed by atoms with Crippen LogP contribution in [0.25, 0.3) is 16.7 Å². The Bertz CT molecular complexity index is 2390. The van der Waals surface area contributed by atoms with Gasteiger partial charge in [-0.15, -0.1) is 5.10 Å². The van der Waals surface area contributed by atoms with Gasteiger partial charge in [0.05, 0.1) is 34.6 Å². The molecule has 1 atom stereocenters. The predicted molar refractivity (Wildman–Crippen MR) is 202 cm³/mol. The fourth-order valence-corrected chi connectivity index (χ4v) is 7.30. The molecule has 0 radical (unpaired) electrons. The highest BCUT2D eigenvalue weighted by Gasteiger charge is 2.32. The second kappa shape index (κ2) is 14.8. The Morgan fingerprint density at radius 2 is 1.85 bits per heavy atom. The molecular weight excluding hydrogens is 688 g/mol. The first-order chi connectivity index (χ1) is 26.2. The SMILES string of the molecule is CNc1cc(Nc2cccc(CN3CCC(OCC#Cc4cccc5c4n(C)c(=O)n5C4CCC(=O)NC4=O)CC3)c2)nn2c(C(=O)NC3CC3)cnc12. The van der Waals surface area contributed by atoms with Crippen molar-refractivity contribution in [1.82, 2.24) is 39.3 Å². The number of benzene rings is 2. The highest BCUT2D eigenvalue weighted by molar-refractivity contribution is 6.00. The third-order valence-corrected chi connectivity index (χ3v) is 10.3. The van der Waals surface area contributed by atoms with Gasteiger partial charge in [0.15, 0.2) is 17.2 Å². The van der Waals surface area contributed by atoms with Crippen molar-refractivity contribution in [2.75, 3.05) is 37.4 Å². The van der Waals surface area contributed by atoms with Gasteiger partial charge in [0, 0.05) is 57.9 Å². The summed E-state index contributed by atoms with van der Waals surface area (Å²) in [6.45, 7) is 2.84. The molecule has 1 saturated carbocycles. The Morgan fingerprint density at radius 3 is 2.63 bits per heavy atom. The summed E-state index contributed by atoms with van der Waals surface area (Å²) < 4.78 is 10.7. The van der Waals surface area contributed by atoms with Gasteiger partial charge in [-0.2, -0.15) is 0 Å². The van der Waals surface area contributed by atoms with Crippen LogP contribution in [0.5, 0.6) is 0 Å². The minimum Gasteiger partial charge on any atom is -0.385 e. The number of nitrogens with zero attached hydrogens (tertiary/aromatic N) is 6. The van der Waals surface area contributed by atoms with Gasteiger partial charge in [-0.3, -0.25) is 33.7 Å². The number of imidazole rings is 2. The number of rotatable bonds is 10. The van der Waals surface area contributed by atoms with Crippen molar-refractivity contribution in [3.8, 4) is 11.8 Å². The second-order valence-corrected chi connectivity index (χ2v) is 14.1. The molecule has 3 aromatic heterocycles. The molecule has 0 spiro atoms. The van der Waals surface area contributed by atoms with E-state index in [4.69, 9.17) is 9.84 Å². The Balaban J connectivity index is 0.861. The van der Waals surface area contributed by atoms with Gasteiger partial charge in [-0.1, -0.05) is 30.0 Å². The molecule has 15 heteroatoms. The first kappa shape index (κ1) is 35.1. The number of likely N-dealkylation sites (tertiary alicyclic amines) is 1. The van der Waals surface area contributed by atoms with E-state index in [1.807, 2.05) is 37.4 Å². The number of ether oxygens (including phenoxy) is 1. The third-order valence-electron chi connectivity index (χ3n) is 10.3. The molecule has 0 bridgehead atoms. The van der Waals surface area contributed by atoms with Crippen molar-refractivity contribution in [2.45, 2.75) is 63.3 Å². The summed E-state index contributed by atoms with van der Waals surface area (Å²) in [5.74, 6) is 5.93. The lowest BCUT2D eigenvalue weighted by atomic mass is 10.1. The van der Waals surface area contributed by atoms with E-state index in [0.717, 1.165) is 56.7 Å². The van der Waals surface area contributed by atoms with E-state index in [1.165, 1.54) is 14.7 Å². The number of nitrogens with one attached hydrogen (secondary N) is 4. The lowest BCUT2D eigenvalue weighted by Crippen LogP contribution is -2.44. The number of hydrogen-bond donors (Lipinski definition) is 4. The minimum atomic E-state index is -0.744. The van der Waals surface area contributed by atoms with Crippen LogP contribution in [0.3, 0.4) is 0 Å². The molecule has 3 amide bonds. The van der Waals surface area contributed by atoms with Gasteiger partial charge in [-0.25, -0.2) is 14.3 Å². The molecule has 54 heavy (non-hydrogen) atoms. The van der Waals surface area contributed by atoms with Gasteiger partial charge < -0.3 is 20.7 Å². The number of aryl methyl sites for hydroxylation is 1. The number of anilines is 3. The summed E-state index contributed by atoms with van der Waals surface area (Å²) in [5, 5.41) is 16.6. The van der Waals surface area contributed by atoms with Crippen LogP contribution in [0.1, 0.15) is 66.2 Å². The van der Waals surface area contributed by atoms with E-state index < -0.39 is 11.9 Å². The number of piperidine rings is 2. The van der Waals surface area contributed by atoms with Crippen molar-refractivity contribution in [1.29, 1.82) is 0 Å². The molecule has 278 valence electrons. The minimum absolute atomic E-state index is 0.0964. The molecule has 8 rings (SSSR count). The highest BCUT2D eigenvalue weighted by atomic mass is 16.5. The molecule has 5 aromatic rings. The fraction of sp³-hybridized carbons (Fsp3) is 0.385. The van der Waals surface area contributed by atoms with Crippen molar-refractivity contribution in [3.63, 3.8) is 0 Å². The lowest BCUT2D eigenvalue weighted by Gasteiger charge is -2.31. The number of aromatic nitrogens is 5. The Hall–Kier alpha value is -5.98. The maximum atomic E-state index is 13.2. The van der Waals surface area contributed by atoms with Gasteiger partial charge >= 0.3 is 5.69 Å². The molecule has 5 heterocycles. The molecule has 3 aliphatic rings. The second-order valence-electron chi connectivity index (χ2n) is 14.1. The number of amides is 3. The summed E-state index contributed by atoms with van der Waals surface area (Å²) >= 11 is 0. The number of imide groups is 1. The van der Waals surface area contributed by atoms with E-state index in [2.05, 4.69) is 55.1 Å². The number of carbonyl (C=O) groups is 3. The standard InChI is InChI=1S/C39H42N10O5/c1-40-29-21-33(45-49-32(22-41-36(29)49)38(52)43-26-11-12-26)42-27-9-3-6-24(20-27)23-47-17-15-28(16-18-47)54-19-5-8-25-7-4-10-30-35(25)46(2)39(53)48(30)31-13-14-34(50)44-37(31)51/h3-4,6-7,9-10,20-22,26,28,31,40H,11-19,23H2,1-2H3,(H,42,45)(H,43,52)(H,44,50,51). The zero-order chi connectivity index (χ0) is 37.3. The molecule has 2 saturated heterocycles. The van der Waals surface area contributed by atoms with Crippen LogP contribution in [0.15, 0.2) is 59.5 Å². The highest BCUT2D eigenvalue weighted by Crippen LogP contribution is 2.27. The van der Waals surface area contributed by atoms with Crippen molar-refractivity contribution < 1.29 is 19.1 Å².